The van der Waals surface area contributed by atoms with Gasteiger partial charge in [0, 0.05) is 12.6 Å². The summed E-state index contributed by atoms with van der Waals surface area (Å²) in [5, 5.41) is 16.9. The van der Waals surface area contributed by atoms with E-state index in [4.69, 9.17) is 4.52 Å². The van der Waals surface area contributed by atoms with Gasteiger partial charge < -0.3 is 19.8 Å². The van der Waals surface area contributed by atoms with Gasteiger partial charge in [-0.1, -0.05) is 69.1 Å². The second-order valence-corrected chi connectivity index (χ2v) is 10.8. The highest BCUT2D eigenvalue weighted by molar-refractivity contribution is 6.38. The highest BCUT2D eigenvalue weighted by Crippen LogP contribution is 2.37. The molecule has 3 amide bonds. The quantitative estimate of drug-likeness (QED) is 0.421. The average Bonchev–Trinajstić information content (AvgIpc) is 3.42. The molecule has 2 unspecified atom stereocenters. The lowest BCUT2D eigenvalue weighted by molar-refractivity contribution is -0.144. The number of likely N-dealkylation sites (tertiary alicyclic amines) is 1. The molecule has 1 aliphatic heterocycles. The van der Waals surface area contributed by atoms with Crippen LogP contribution in [0.1, 0.15) is 76.4 Å². The van der Waals surface area contributed by atoms with Crippen LogP contribution >= 0.6 is 0 Å². The van der Waals surface area contributed by atoms with E-state index < -0.39 is 41.4 Å². The number of hydrogen-bond acceptors (Lipinski definition) is 6. The van der Waals surface area contributed by atoms with E-state index in [9.17, 15) is 24.3 Å². The van der Waals surface area contributed by atoms with Crippen LogP contribution in [0.2, 0.25) is 0 Å². The number of ketones is 1. The van der Waals surface area contributed by atoms with E-state index in [1.165, 1.54) is 4.90 Å². The van der Waals surface area contributed by atoms with Crippen LogP contribution in [-0.2, 0) is 20.8 Å². The molecule has 0 bridgehead atoms. The lowest BCUT2D eigenvalue weighted by Gasteiger charge is -2.37. The van der Waals surface area contributed by atoms with Crippen LogP contribution in [0.3, 0.4) is 0 Å². The van der Waals surface area contributed by atoms with Gasteiger partial charge in [0.25, 0.3) is 5.91 Å². The summed E-state index contributed by atoms with van der Waals surface area (Å²) in [4.78, 5) is 55.1. The third-order valence-electron chi connectivity index (χ3n) is 6.90. The maximum Gasteiger partial charge on any atom is 0.409 e. The first-order chi connectivity index (χ1) is 17.9. The molecule has 1 aliphatic rings. The van der Waals surface area contributed by atoms with Crippen molar-refractivity contribution in [3.05, 3.63) is 53.4 Å². The zero-order chi connectivity index (χ0) is 28.0. The molecule has 10 nitrogen and oxygen atoms in total. The number of nitrogens with one attached hydrogen (secondary N) is 1. The molecule has 3 rings (SSSR count). The number of carboxylic acid groups (broad SMARTS) is 1. The van der Waals surface area contributed by atoms with Crippen molar-refractivity contribution in [1.82, 2.24) is 20.3 Å². The summed E-state index contributed by atoms with van der Waals surface area (Å²) >= 11 is 0. The van der Waals surface area contributed by atoms with Gasteiger partial charge in [-0.25, -0.2) is 4.79 Å². The monoisotopic (exact) mass is 526 g/mol. The number of carbonyl (C=O) groups is 4. The zero-order valence-electron chi connectivity index (χ0n) is 22.8. The molecule has 3 atom stereocenters. The highest BCUT2D eigenvalue weighted by atomic mass is 16.5. The van der Waals surface area contributed by atoms with Gasteiger partial charge in [-0.2, -0.15) is 0 Å². The molecule has 0 saturated carbocycles. The van der Waals surface area contributed by atoms with Gasteiger partial charge in [0.1, 0.15) is 18.0 Å². The summed E-state index contributed by atoms with van der Waals surface area (Å²) in [5.41, 5.74) is 1.07. The molecule has 1 aromatic carbocycles. The van der Waals surface area contributed by atoms with Crippen molar-refractivity contribution in [1.29, 1.82) is 0 Å². The number of unbranched alkanes of at least 4 members (excludes halogenated alkanes) is 1. The van der Waals surface area contributed by atoms with E-state index in [2.05, 4.69) is 10.5 Å². The van der Waals surface area contributed by atoms with Crippen LogP contribution in [0, 0.1) is 12.3 Å². The summed E-state index contributed by atoms with van der Waals surface area (Å²) in [5.74, 6) is -1.62. The standard InChI is InChI=1S/C28H38N4O6/c1-6-7-13-22(25(34)26(35)29-19(3)20-11-9-8-10-12-20)32(27(36)37)23-16-28(4,5)17-31(23)24(33)15-21-14-18(2)30-38-21/h8-12,14,19,22-23H,6-7,13,15-17H2,1-5H3,(H,29,35)(H,36,37)/t19?,22-,23?/m0/s1. The topological polar surface area (TPSA) is 133 Å². The van der Waals surface area contributed by atoms with Crippen molar-refractivity contribution in [3.8, 4) is 0 Å². The summed E-state index contributed by atoms with van der Waals surface area (Å²) in [6.07, 6.45) is -0.563. The third-order valence-corrected chi connectivity index (χ3v) is 6.90. The summed E-state index contributed by atoms with van der Waals surface area (Å²) in [6.45, 7) is 9.64. The molecule has 1 fully saturated rings. The Labute approximate surface area is 223 Å². The van der Waals surface area contributed by atoms with Crippen LogP contribution in [0.15, 0.2) is 40.9 Å². The molecule has 0 radical (unpaired) electrons. The van der Waals surface area contributed by atoms with Crippen LogP contribution in [0.4, 0.5) is 4.79 Å². The number of carbonyl (C=O) groups excluding carboxylic acids is 3. The third kappa shape index (κ3) is 6.99. The van der Waals surface area contributed by atoms with E-state index in [0.717, 1.165) is 10.5 Å². The van der Waals surface area contributed by atoms with Gasteiger partial charge in [-0.15, -0.1) is 0 Å². The number of rotatable bonds is 11. The normalized spacial score (nSPS) is 18.0. The Balaban J connectivity index is 1.88. The van der Waals surface area contributed by atoms with Crippen LogP contribution < -0.4 is 5.32 Å². The van der Waals surface area contributed by atoms with E-state index in [1.54, 1.807) is 19.9 Å². The lowest BCUT2D eigenvalue weighted by Crippen LogP contribution is -2.58. The van der Waals surface area contributed by atoms with E-state index in [1.807, 2.05) is 51.1 Å². The molecule has 1 aromatic heterocycles. The second kappa shape index (κ2) is 12.2. The smallest absolute Gasteiger partial charge is 0.409 e. The molecule has 206 valence electrons. The van der Waals surface area contributed by atoms with Crippen molar-refractivity contribution in [3.63, 3.8) is 0 Å². The fourth-order valence-corrected chi connectivity index (χ4v) is 5.00. The second-order valence-electron chi connectivity index (χ2n) is 10.8. The Morgan fingerprint density at radius 1 is 1.24 bits per heavy atom. The molecule has 1 saturated heterocycles. The predicted octanol–water partition coefficient (Wildman–Crippen LogP) is 4.10. The molecule has 0 spiro atoms. The Kier molecular flexibility index (Phi) is 9.30. The number of nitrogens with zero attached hydrogens (tertiary/aromatic N) is 3. The van der Waals surface area contributed by atoms with Gasteiger partial charge in [0.05, 0.1) is 18.2 Å². The van der Waals surface area contributed by atoms with Crippen LogP contribution in [0.5, 0.6) is 0 Å². The molecule has 2 N–H and O–H groups in total. The average molecular weight is 527 g/mol. The Bertz CT molecular complexity index is 1150. The summed E-state index contributed by atoms with van der Waals surface area (Å²) in [7, 11) is 0. The minimum absolute atomic E-state index is 0.0798. The molecule has 10 heteroatoms. The van der Waals surface area contributed by atoms with Crippen molar-refractivity contribution in [2.75, 3.05) is 6.54 Å². The number of aromatic nitrogens is 1. The number of aryl methyl sites for hydroxylation is 1. The SMILES string of the molecule is CCCC[C@@H](C(=O)C(=O)NC(C)c1ccccc1)N(C(=O)O)C1CC(C)(C)CN1C(=O)Cc1cc(C)no1. The van der Waals surface area contributed by atoms with Crippen LogP contribution in [-0.4, -0.2) is 62.5 Å². The van der Waals surface area contributed by atoms with Gasteiger partial charge in [-0.05, 0) is 37.7 Å². The fourth-order valence-electron chi connectivity index (χ4n) is 5.00. The molecule has 2 heterocycles. The Hall–Kier alpha value is -3.69. The molecule has 2 aromatic rings. The first-order valence-corrected chi connectivity index (χ1v) is 13.1. The molecular weight excluding hydrogens is 488 g/mol. The van der Waals surface area contributed by atoms with Crippen LogP contribution in [0.25, 0.3) is 0 Å². The largest absolute Gasteiger partial charge is 0.465 e. The van der Waals surface area contributed by atoms with Crippen molar-refractivity contribution < 1.29 is 28.8 Å². The van der Waals surface area contributed by atoms with Gasteiger partial charge in [0.15, 0.2) is 0 Å². The van der Waals surface area contributed by atoms with Crippen molar-refractivity contribution in [2.24, 2.45) is 5.41 Å². The lowest BCUT2D eigenvalue weighted by atomic mass is 9.91. The molecule has 38 heavy (non-hydrogen) atoms. The van der Waals surface area contributed by atoms with Crippen molar-refractivity contribution >= 4 is 23.7 Å². The van der Waals surface area contributed by atoms with E-state index in [0.29, 0.717) is 37.3 Å². The molecule has 0 aliphatic carbocycles. The summed E-state index contributed by atoms with van der Waals surface area (Å²) < 4.78 is 5.20. The maximum atomic E-state index is 13.5. The number of Topliss-reactive ketones (excluding diaryl/α,β-unsaturated/α-hetero) is 1. The maximum absolute atomic E-state index is 13.5. The Morgan fingerprint density at radius 2 is 1.92 bits per heavy atom. The van der Waals surface area contributed by atoms with Crippen molar-refractivity contribution in [2.45, 2.75) is 85.0 Å². The van der Waals surface area contributed by atoms with Gasteiger partial charge in [-0.3, -0.25) is 19.3 Å². The minimum atomic E-state index is -1.35. The fraction of sp³-hybridized carbons (Fsp3) is 0.536. The number of benzene rings is 1. The van der Waals surface area contributed by atoms with E-state index in [-0.39, 0.29) is 18.7 Å². The van der Waals surface area contributed by atoms with Gasteiger partial charge >= 0.3 is 6.09 Å². The number of hydrogen-bond donors (Lipinski definition) is 2. The first kappa shape index (κ1) is 28.9. The molecular formula is C28H38N4O6. The highest BCUT2D eigenvalue weighted by Gasteiger charge is 2.48. The predicted molar refractivity (Wildman–Crippen MR) is 140 cm³/mol. The first-order valence-electron chi connectivity index (χ1n) is 13.1. The minimum Gasteiger partial charge on any atom is -0.465 e. The number of amides is 3. The summed E-state index contributed by atoms with van der Waals surface area (Å²) in [6, 6.07) is 9.21. The zero-order valence-corrected chi connectivity index (χ0v) is 22.8. The van der Waals surface area contributed by atoms with Gasteiger partial charge in [0.2, 0.25) is 11.7 Å². The van der Waals surface area contributed by atoms with E-state index >= 15 is 0 Å². The Morgan fingerprint density at radius 3 is 2.50 bits per heavy atom.